The van der Waals surface area contributed by atoms with Gasteiger partial charge in [-0.25, -0.2) is 0 Å². The van der Waals surface area contributed by atoms with E-state index in [1.54, 1.807) is 25.5 Å². The van der Waals surface area contributed by atoms with Gasteiger partial charge in [0.25, 0.3) is 0 Å². The Balaban J connectivity index is 1.63. The first kappa shape index (κ1) is 20.7. The number of amides is 1. The number of hydrogen-bond donors (Lipinski definition) is 1. The summed E-state index contributed by atoms with van der Waals surface area (Å²) in [5.74, 6) is 1.87. The van der Waals surface area contributed by atoms with E-state index in [1.807, 2.05) is 66.9 Å². The second-order valence-electron chi connectivity index (χ2n) is 6.82. The number of furan rings is 1. The second-order valence-corrected chi connectivity index (χ2v) is 8.13. The Morgan fingerprint density at radius 1 is 1.10 bits per heavy atom. The van der Waals surface area contributed by atoms with Crippen molar-refractivity contribution < 1.29 is 13.9 Å². The minimum absolute atomic E-state index is 0.154. The van der Waals surface area contributed by atoms with Crippen molar-refractivity contribution in [3.63, 3.8) is 0 Å². The van der Waals surface area contributed by atoms with Crippen molar-refractivity contribution in [1.82, 2.24) is 14.8 Å². The highest BCUT2D eigenvalue weighted by molar-refractivity contribution is 8.00. The van der Waals surface area contributed by atoms with E-state index < -0.39 is 5.25 Å². The SMILES string of the molecule is COc1ccccc1NC(=O)C(C)Sc1nnc(-c2ccoc2C)n1-c1ccccc1. The van der Waals surface area contributed by atoms with E-state index in [-0.39, 0.29) is 5.91 Å². The predicted octanol–water partition coefficient (Wildman–Crippen LogP) is 4.96. The van der Waals surface area contributed by atoms with E-state index in [1.165, 1.54) is 11.8 Å². The molecule has 2 aromatic heterocycles. The number of aromatic nitrogens is 3. The highest BCUT2D eigenvalue weighted by Gasteiger charge is 2.23. The van der Waals surface area contributed by atoms with Gasteiger partial charge in [0.2, 0.25) is 5.91 Å². The predicted molar refractivity (Wildman–Crippen MR) is 121 cm³/mol. The van der Waals surface area contributed by atoms with Gasteiger partial charge in [-0.3, -0.25) is 9.36 Å². The summed E-state index contributed by atoms with van der Waals surface area (Å²) in [6, 6.07) is 19.0. The molecule has 1 N–H and O–H groups in total. The molecule has 0 aliphatic rings. The third-order valence-electron chi connectivity index (χ3n) is 4.76. The molecule has 1 unspecified atom stereocenters. The smallest absolute Gasteiger partial charge is 0.237 e. The van der Waals surface area contributed by atoms with Crippen LogP contribution in [0.1, 0.15) is 12.7 Å². The van der Waals surface area contributed by atoms with E-state index in [4.69, 9.17) is 9.15 Å². The first-order valence-corrected chi connectivity index (χ1v) is 10.6. The fraction of sp³-hybridized carbons (Fsp3) is 0.174. The fourth-order valence-corrected chi connectivity index (χ4v) is 4.01. The molecule has 2 aromatic carbocycles. The van der Waals surface area contributed by atoms with Crippen LogP contribution in [0.5, 0.6) is 5.75 Å². The lowest BCUT2D eigenvalue weighted by atomic mass is 10.2. The molecule has 8 heteroatoms. The van der Waals surface area contributed by atoms with Crippen molar-refractivity contribution in [2.45, 2.75) is 24.3 Å². The minimum atomic E-state index is -0.421. The normalized spacial score (nSPS) is 11.8. The van der Waals surface area contributed by atoms with Gasteiger partial charge in [-0.05, 0) is 44.2 Å². The molecule has 2 heterocycles. The molecule has 1 atom stereocenters. The van der Waals surface area contributed by atoms with Crippen LogP contribution in [0.4, 0.5) is 5.69 Å². The van der Waals surface area contributed by atoms with Crippen LogP contribution < -0.4 is 10.1 Å². The van der Waals surface area contributed by atoms with Crippen LogP contribution in [-0.4, -0.2) is 33.0 Å². The van der Waals surface area contributed by atoms with Gasteiger partial charge in [0.15, 0.2) is 11.0 Å². The van der Waals surface area contributed by atoms with Gasteiger partial charge in [-0.15, -0.1) is 10.2 Å². The molecule has 31 heavy (non-hydrogen) atoms. The van der Waals surface area contributed by atoms with E-state index in [9.17, 15) is 4.79 Å². The Bertz CT molecular complexity index is 1190. The summed E-state index contributed by atoms with van der Waals surface area (Å²) >= 11 is 1.34. The minimum Gasteiger partial charge on any atom is -0.495 e. The Labute approximate surface area is 184 Å². The molecule has 0 bridgehead atoms. The van der Waals surface area contributed by atoms with E-state index >= 15 is 0 Å². The molecule has 0 spiro atoms. The number of ether oxygens (including phenoxy) is 1. The van der Waals surface area contributed by atoms with Gasteiger partial charge in [0.1, 0.15) is 11.5 Å². The molecule has 158 valence electrons. The number of methoxy groups -OCH3 is 1. The van der Waals surface area contributed by atoms with Gasteiger partial charge >= 0.3 is 0 Å². The lowest BCUT2D eigenvalue weighted by Crippen LogP contribution is -2.23. The van der Waals surface area contributed by atoms with Crippen LogP contribution in [0, 0.1) is 6.92 Å². The molecule has 4 rings (SSSR count). The fourth-order valence-electron chi connectivity index (χ4n) is 3.14. The van der Waals surface area contributed by atoms with Crippen molar-refractivity contribution in [2.24, 2.45) is 0 Å². The second kappa shape index (κ2) is 9.09. The molecule has 0 aliphatic heterocycles. The summed E-state index contributed by atoms with van der Waals surface area (Å²) in [7, 11) is 1.57. The summed E-state index contributed by atoms with van der Waals surface area (Å²) in [5.41, 5.74) is 2.39. The molecule has 0 fully saturated rings. The van der Waals surface area contributed by atoms with Gasteiger partial charge in [0, 0.05) is 5.69 Å². The van der Waals surface area contributed by atoms with Crippen molar-refractivity contribution in [3.8, 4) is 22.8 Å². The summed E-state index contributed by atoms with van der Waals surface area (Å²) in [4.78, 5) is 12.9. The van der Waals surface area contributed by atoms with Crippen molar-refractivity contribution in [2.75, 3.05) is 12.4 Å². The summed E-state index contributed by atoms with van der Waals surface area (Å²) in [5, 5.41) is 11.9. The van der Waals surface area contributed by atoms with Crippen molar-refractivity contribution in [3.05, 3.63) is 72.7 Å². The summed E-state index contributed by atoms with van der Waals surface area (Å²) in [6.07, 6.45) is 1.63. The standard InChI is InChI=1S/C23H22N4O3S/c1-15-18(13-14-30-15)21-25-26-23(27(21)17-9-5-4-6-10-17)31-16(2)22(28)24-19-11-7-8-12-20(19)29-3/h4-14,16H,1-3H3,(H,24,28). The van der Waals surface area contributed by atoms with Gasteiger partial charge in [-0.2, -0.15) is 0 Å². The zero-order chi connectivity index (χ0) is 21.8. The molecule has 0 saturated heterocycles. The van der Waals surface area contributed by atoms with E-state index in [0.717, 1.165) is 17.0 Å². The zero-order valence-electron chi connectivity index (χ0n) is 17.4. The van der Waals surface area contributed by atoms with Gasteiger partial charge in [0.05, 0.1) is 29.9 Å². The largest absolute Gasteiger partial charge is 0.495 e. The lowest BCUT2D eigenvalue weighted by molar-refractivity contribution is -0.115. The molecule has 7 nitrogen and oxygen atoms in total. The summed E-state index contributed by atoms with van der Waals surface area (Å²) in [6.45, 7) is 3.72. The number of rotatable bonds is 7. The average molecular weight is 435 g/mol. The highest BCUT2D eigenvalue weighted by atomic mass is 32.2. The molecule has 0 aliphatic carbocycles. The maximum Gasteiger partial charge on any atom is 0.237 e. The Morgan fingerprint density at radius 2 is 1.84 bits per heavy atom. The maximum atomic E-state index is 12.9. The first-order valence-electron chi connectivity index (χ1n) is 9.74. The topological polar surface area (TPSA) is 82.2 Å². The Hall–Kier alpha value is -3.52. The highest BCUT2D eigenvalue weighted by Crippen LogP contribution is 2.32. The number of benzene rings is 2. The molecule has 0 radical (unpaired) electrons. The molecule has 0 saturated carbocycles. The average Bonchev–Trinajstić information content (AvgIpc) is 3.40. The van der Waals surface area contributed by atoms with Gasteiger partial charge in [-0.1, -0.05) is 42.1 Å². The number of anilines is 1. The number of aryl methyl sites for hydroxylation is 1. The number of nitrogens with one attached hydrogen (secondary N) is 1. The summed E-state index contributed by atoms with van der Waals surface area (Å²) < 4.78 is 12.7. The number of nitrogens with zero attached hydrogens (tertiary/aromatic N) is 3. The molecule has 1 amide bonds. The molecular weight excluding hydrogens is 412 g/mol. The molecule has 4 aromatic rings. The van der Waals surface area contributed by atoms with Crippen LogP contribution in [0.2, 0.25) is 0 Å². The monoisotopic (exact) mass is 434 g/mol. The van der Waals surface area contributed by atoms with Crippen LogP contribution in [0.3, 0.4) is 0 Å². The van der Waals surface area contributed by atoms with Crippen LogP contribution in [-0.2, 0) is 4.79 Å². The Morgan fingerprint density at radius 3 is 2.55 bits per heavy atom. The quantitative estimate of drug-likeness (QED) is 0.414. The van der Waals surface area contributed by atoms with Crippen LogP contribution in [0.25, 0.3) is 17.1 Å². The van der Waals surface area contributed by atoms with Gasteiger partial charge < -0.3 is 14.5 Å². The van der Waals surface area contributed by atoms with Crippen molar-refractivity contribution in [1.29, 1.82) is 0 Å². The zero-order valence-corrected chi connectivity index (χ0v) is 18.2. The maximum absolute atomic E-state index is 12.9. The van der Waals surface area contributed by atoms with Crippen LogP contribution in [0.15, 0.2) is 76.5 Å². The Kier molecular flexibility index (Phi) is 6.08. The number of para-hydroxylation sites is 3. The number of carbonyl (C=O) groups is 1. The number of carbonyl (C=O) groups excluding carboxylic acids is 1. The number of hydrogen-bond acceptors (Lipinski definition) is 6. The van der Waals surface area contributed by atoms with E-state index in [2.05, 4.69) is 15.5 Å². The lowest BCUT2D eigenvalue weighted by Gasteiger charge is -2.15. The third-order valence-corrected chi connectivity index (χ3v) is 5.81. The van der Waals surface area contributed by atoms with Crippen molar-refractivity contribution >= 4 is 23.4 Å². The van der Waals surface area contributed by atoms with Crippen LogP contribution >= 0.6 is 11.8 Å². The molecular formula is C23H22N4O3S. The number of thioether (sulfide) groups is 1. The first-order chi connectivity index (χ1) is 15.1. The third kappa shape index (κ3) is 4.34. The van der Waals surface area contributed by atoms with E-state index in [0.29, 0.717) is 22.4 Å².